The number of nitrogens with two attached hydrogens (primary N) is 1. The molecule has 0 saturated carbocycles. The molecule has 3 rings (SSSR count). The number of rotatable bonds is 2. The maximum atomic E-state index is 12.0. The van der Waals surface area contributed by atoms with E-state index in [2.05, 4.69) is 0 Å². The number of sulfonamides is 1. The Labute approximate surface area is 131 Å². The summed E-state index contributed by atoms with van der Waals surface area (Å²) in [6.07, 6.45) is 0. The number of hydrogen-bond acceptors (Lipinski definition) is 4. The van der Waals surface area contributed by atoms with Crippen molar-refractivity contribution in [1.82, 2.24) is 5.06 Å². The number of carbonyl (C=O) groups is 1. The predicted octanol–water partition coefficient (Wildman–Crippen LogP) is 1.92. The van der Waals surface area contributed by atoms with Crippen LogP contribution < -0.4 is 5.14 Å². The van der Waals surface area contributed by atoms with Gasteiger partial charge in [0.25, 0.3) is 5.91 Å². The lowest BCUT2D eigenvalue weighted by atomic mass is 9.98. The van der Waals surface area contributed by atoms with Gasteiger partial charge in [-0.3, -0.25) is 10.0 Å². The maximum Gasteiger partial charge on any atom is 0.278 e. The van der Waals surface area contributed by atoms with Crippen LogP contribution in [0, 0.1) is 0 Å². The molecule has 0 saturated heterocycles. The van der Waals surface area contributed by atoms with E-state index in [1.807, 2.05) is 0 Å². The molecule has 1 aliphatic heterocycles. The monoisotopic (exact) mass is 338 g/mol. The van der Waals surface area contributed by atoms with Gasteiger partial charge in [0.05, 0.1) is 5.02 Å². The Kier molecular flexibility index (Phi) is 3.45. The van der Waals surface area contributed by atoms with E-state index in [9.17, 15) is 18.4 Å². The number of halogens is 1. The normalized spacial score (nSPS) is 17.7. The van der Waals surface area contributed by atoms with E-state index in [-0.39, 0.29) is 9.92 Å². The second kappa shape index (κ2) is 5.06. The quantitative estimate of drug-likeness (QED) is 0.817. The Morgan fingerprint density at radius 3 is 2.55 bits per heavy atom. The van der Waals surface area contributed by atoms with E-state index >= 15 is 0 Å². The smallest absolute Gasteiger partial charge is 0.278 e. The number of primary sulfonamides is 1. The van der Waals surface area contributed by atoms with E-state index in [0.29, 0.717) is 21.8 Å². The van der Waals surface area contributed by atoms with Crippen molar-refractivity contribution in [3.05, 3.63) is 64.2 Å². The molecule has 1 unspecified atom stereocenters. The molecule has 0 aliphatic carbocycles. The second-order valence-electron chi connectivity index (χ2n) is 4.87. The van der Waals surface area contributed by atoms with Crippen LogP contribution in [0.1, 0.15) is 27.5 Å². The highest BCUT2D eigenvalue weighted by atomic mass is 35.5. The van der Waals surface area contributed by atoms with Crippen LogP contribution in [0.4, 0.5) is 0 Å². The number of benzene rings is 2. The summed E-state index contributed by atoms with van der Waals surface area (Å²) in [6.45, 7) is 0. The molecule has 2 aromatic carbocycles. The zero-order valence-electron chi connectivity index (χ0n) is 11.1. The molecular weight excluding hydrogens is 328 g/mol. The first-order chi connectivity index (χ1) is 10.3. The van der Waals surface area contributed by atoms with Gasteiger partial charge in [-0.15, -0.1) is 0 Å². The van der Waals surface area contributed by atoms with E-state index < -0.39 is 22.0 Å². The van der Waals surface area contributed by atoms with Crippen LogP contribution in [-0.4, -0.2) is 24.6 Å². The predicted molar refractivity (Wildman–Crippen MR) is 79.1 cm³/mol. The molecule has 22 heavy (non-hydrogen) atoms. The third kappa shape index (κ3) is 2.28. The SMILES string of the molecule is NS(=O)(=O)c1cc(C2c3ccccc3C(=O)N2O)ccc1Cl. The lowest BCUT2D eigenvalue weighted by Gasteiger charge is -2.19. The number of hydroxylamine groups is 2. The fraction of sp³-hybridized carbons (Fsp3) is 0.0714. The van der Waals surface area contributed by atoms with Gasteiger partial charge in [0.2, 0.25) is 10.0 Å². The van der Waals surface area contributed by atoms with Gasteiger partial charge in [-0.2, -0.15) is 0 Å². The van der Waals surface area contributed by atoms with Crippen LogP contribution in [0.5, 0.6) is 0 Å². The number of amides is 1. The Morgan fingerprint density at radius 2 is 1.86 bits per heavy atom. The third-order valence-corrected chi connectivity index (χ3v) is 4.91. The molecule has 3 N–H and O–H groups in total. The van der Waals surface area contributed by atoms with E-state index in [1.165, 1.54) is 12.1 Å². The van der Waals surface area contributed by atoms with Crippen LogP contribution >= 0.6 is 11.6 Å². The lowest BCUT2D eigenvalue weighted by Crippen LogP contribution is -2.25. The zero-order valence-corrected chi connectivity index (χ0v) is 12.7. The summed E-state index contributed by atoms with van der Waals surface area (Å²) in [6, 6.07) is 10.1. The molecule has 8 heteroatoms. The highest BCUT2D eigenvalue weighted by Crippen LogP contribution is 2.38. The summed E-state index contributed by atoms with van der Waals surface area (Å²) in [5.41, 5.74) is 1.34. The first-order valence-corrected chi connectivity index (χ1v) is 8.17. The fourth-order valence-electron chi connectivity index (χ4n) is 2.53. The van der Waals surface area contributed by atoms with Crippen LogP contribution in [0.2, 0.25) is 5.02 Å². The summed E-state index contributed by atoms with van der Waals surface area (Å²) >= 11 is 5.85. The Balaban J connectivity index is 2.19. The molecule has 1 aliphatic rings. The summed E-state index contributed by atoms with van der Waals surface area (Å²) < 4.78 is 23.1. The van der Waals surface area contributed by atoms with Crippen molar-refractivity contribution >= 4 is 27.5 Å². The number of nitrogens with zero attached hydrogens (tertiary/aromatic N) is 1. The van der Waals surface area contributed by atoms with Crippen molar-refractivity contribution < 1.29 is 18.4 Å². The first-order valence-electron chi connectivity index (χ1n) is 6.24. The van der Waals surface area contributed by atoms with Crippen molar-refractivity contribution in [3.63, 3.8) is 0 Å². The number of hydrogen-bond donors (Lipinski definition) is 2. The summed E-state index contributed by atoms with van der Waals surface area (Å²) in [5, 5.41) is 15.7. The highest BCUT2D eigenvalue weighted by molar-refractivity contribution is 7.89. The van der Waals surface area contributed by atoms with Crippen molar-refractivity contribution in [1.29, 1.82) is 0 Å². The van der Waals surface area contributed by atoms with Gasteiger partial charge < -0.3 is 0 Å². The molecule has 0 fully saturated rings. The molecular formula is C14H11ClN2O4S. The third-order valence-electron chi connectivity index (χ3n) is 3.52. The Morgan fingerprint density at radius 1 is 1.18 bits per heavy atom. The number of carbonyl (C=O) groups excluding carboxylic acids is 1. The van der Waals surface area contributed by atoms with Crippen molar-refractivity contribution in [2.24, 2.45) is 5.14 Å². The van der Waals surface area contributed by atoms with E-state index in [0.717, 1.165) is 0 Å². The van der Waals surface area contributed by atoms with Gasteiger partial charge in [0.1, 0.15) is 10.9 Å². The van der Waals surface area contributed by atoms with Crippen LogP contribution in [0.25, 0.3) is 0 Å². The summed E-state index contributed by atoms with van der Waals surface area (Å²) in [4.78, 5) is 11.8. The van der Waals surface area contributed by atoms with Gasteiger partial charge in [0.15, 0.2) is 0 Å². The van der Waals surface area contributed by atoms with Gasteiger partial charge in [-0.1, -0.05) is 35.9 Å². The zero-order chi connectivity index (χ0) is 16.1. The molecule has 1 amide bonds. The Hall–Kier alpha value is -1.93. The van der Waals surface area contributed by atoms with Crippen molar-refractivity contribution in [2.75, 3.05) is 0 Å². The summed E-state index contributed by atoms with van der Waals surface area (Å²) in [7, 11) is -4.01. The molecule has 0 radical (unpaired) electrons. The largest absolute Gasteiger partial charge is 0.285 e. The van der Waals surface area contributed by atoms with Crippen molar-refractivity contribution in [2.45, 2.75) is 10.9 Å². The van der Waals surface area contributed by atoms with Crippen molar-refractivity contribution in [3.8, 4) is 0 Å². The molecule has 0 bridgehead atoms. The minimum atomic E-state index is -4.01. The van der Waals surface area contributed by atoms with Crippen LogP contribution in [0.15, 0.2) is 47.4 Å². The van der Waals surface area contributed by atoms with Gasteiger partial charge in [-0.05, 0) is 29.3 Å². The van der Waals surface area contributed by atoms with Crippen LogP contribution in [-0.2, 0) is 10.0 Å². The lowest BCUT2D eigenvalue weighted by molar-refractivity contribution is -0.0723. The standard InChI is InChI=1S/C14H11ClN2O4S/c15-11-6-5-8(7-12(11)22(16,20)21)13-9-3-1-2-4-10(9)14(18)17(13)19/h1-7,13,19H,(H2,16,20,21). The molecule has 1 atom stereocenters. The topological polar surface area (TPSA) is 101 Å². The second-order valence-corrected chi connectivity index (χ2v) is 6.81. The molecule has 114 valence electrons. The first kappa shape index (κ1) is 15.0. The minimum Gasteiger partial charge on any atom is -0.285 e. The molecule has 0 aromatic heterocycles. The highest BCUT2D eigenvalue weighted by Gasteiger charge is 2.37. The van der Waals surface area contributed by atoms with Crippen LogP contribution in [0.3, 0.4) is 0 Å². The summed E-state index contributed by atoms with van der Waals surface area (Å²) in [5.74, 6) is -0.548. The minimum absolute atomic E-state index is 0.0200. The molecule has 0 spiro atoms. The average Bonchev–Trinajstić information content (AvgIpc) is 2.71. The molecule has 1 heterocycles. The molecule has 6 nitrogen and oxygen atoms in total. The maximum absolute atomic E-state index is 12.0. The average molecular weight is 339 g/mol. The Bertz CT molecular complexity index is 882. The van der Waals surface area contributed by atoms with Gasteiger partial charge >= 0.3 is 0 Å². The molecule has 2 aromatic rings. The van der Waals surface area contributed by atoms with Gasteiger partial charge in [0, 0.05) is 5.56 Å². The fourth-order valence-corrected chi connectivity index (χ4v) is 3.61. The van der Waals surface area contributed by atoms with Gasteiger partial charge in [-0.25, -0.2) is 18.6 Å². The van der Waals surface area contributed by atoms with E-state index in [4.69, 9.17) is 16.7 Å². The number of fused-ring (bicyclic) bond motifs is 1. The van der Waals surface area contributed by atoms with E-state index in [1.54, 1.807) is 30.3 Å².